The summed E-state index contributed by atoms with van der Waals surface area (Å²) in [6.45, 7) is 0. The van der Waals surface area contributed by atoms with Crippen LogP contribution in [0.1, 0.15) is 26.7 Å². The number of carbonyl (C=O) groups is 3. The highest BCUT2D eigenvalue weighted by Crippen LogP contribution is 2.38. The van der Waals surface area contributed by atoms with E-state index in [1.807, 2.05) is 72.8 Å². The van der Waals surface area contributed by atoms with Gasteiger partial charge in [-0.3, -0.25) is 14.4 Å². The van der Waals surface area contributed by atoms with Gasteiger partial charge in [0.25, 0.3) is 11.8 Å². The highest BCUT2D eigenvalue weighted by molar-refractivity contribution is 8.00. The maximum atomic E-state index is 13.6. The molecule has 0 aromatic heterocycles. The minimum absolute atomic E-state index is 0.0813. The Balaban J connectivity index is 1.36. The van der Waals surface area contributed by atoms with Crippen LogP contribution < -0.4 is 20.7 Å². The predicted octanol–water partition coefficient (Wildman–Crippen LogP) is 8.23. The SMILES string of the molecule is COc1ccc(NC(=O)C(Sc2cccc(NC(=O)/C(=C/c3ccccc3)NC(=O)c3ccccc3)c2)c2ccccc2)cc1Cl. The molecular formula is C37H30ClN3O4S. The van der Waals surface area contributed by atoms with Gasteiger partial charge in [-0.25, -0.2) is 0 Å². The third-order valence-electron chi connectivity index (χ3n) is 6.75. The summed E-state index contributed by atoms with van der Waals surface area (Å²) in [6.07, 6.45) is 1.62. The van der Waals surface area contributed by atoms with E-state index in [1.54, 1.807) is 66.7 Å². The topological polar surface area (TPSA) is 96.5 Å². The highest BCUT2D eigenvalue weighted by atomic mass is 35.5. The zero-order chi connectivity index (χ0) is 32.3. The number of hydrogen-bond donors (Lipinski definition) is 3. The predicted molar refractivity (Wildman–Crippen MR) is 185 cm³/mol. The van der Waals surface area contributed by atoms with Gasteiger partial charge >= 0.3 is 0 Å². The third-order valence-corrected chi connectivity index (χ3v) is 8.29. The summed E-state index contributed by atoms with van der Waals surface area (Å²) < 4.78 is 5.22. The molecule has 1 atom stereocenters. The molecule has 5 rings (SSSR count). The van der Waals surface area contributed by atoms with Crippen LogP contribution in [0, 0.1) is 0 Å². The maximum absolute atomic E-state index is 13.6. The van der Waals surface area contributed by atoms with Gasteiger partial charge in [-0.1, -0.05) is 96.5 Å². The summed E-state index contributed by atoms with van der Waals surface area (Å²) in [5.74, 6) is -0.640. The van der Waals surface area contributed by atoms with Gasteiger partial charge in [0, 0.05) is 21.8 Å². The molecule has 0 aliphatic carbocycles. The van der Waals surface area contributed by atoms with E-state index in [2.05, 4.69) is 16.0 Å². The first-order valence-corrected chi connectivity index (χ1v) is 15.6. The van der Waals surface area contributed by atoms with Gasteiger partial charge < -0.3 is 20.7 Å². The van der Waals surface area contributed by atoms with Crippen LogP contribution in [0.4, 0.5) is 11.4 Å². The van der Waals surface area contributed by atoms with Crippen LogP contribution in [-0.2, 0) is 9.59 Å². The lowest BCUT2D eigenvalue weighted by Crippen LogP contribution is -2.30. The van der Waals surface area contributed by atoms with Crippen molar-refractivity contribution in [1.82, 2.24) is 5.32 Å². The average Bonchev–Trinajstić information content (AvgIpc) is 3.08. The minimum Gasteiger partial charge on any atom is -0.495 e. The normalized spacial score (nSPS) is 11.7. The molecule has 0 saturated carbocycles. The molecule has 0 aliphatic rings. The molecule has 0 fully saturated rings. The van der Waals surface area contributed by atoms with Crippen molar-refractivity contribution in [2.24, 2.45) is 0 Å². The number of methoxy groups -OCH3 is 1. The molecule has 0 saturated heterocycles. The average molecular weight is 648 g/mol. The van der Waals surface area contributed by atoms with Crippen molar-refractivity contribution in [3.63, 3.8) is 0 Å². The number of rotatable bonds is 11. The Hall–Kier alpha value is -5.31. The second kappa shape index (κ2) is 15.6. The van der Waals surface area contributed by atoms with E-state index < -0.39 is 17.1 Å². The van der Waals surface area contributed by atoms with Crippen LogP contribution in [0.25, 0.3) is 6.08 Å². The molecule has 0 bridgehead atoms. The van der Waals surface area contributed by atoms with E-state index in [4.69, 9.17) is 16.3 Å². The molecule has 0 radical (unpaired) electrons. The van der Waals surface area contributed by atoms with Crippen LogP contribution >= 0.6 is 23.4 Å². The second-order valence-electron chi connectivity index (χ2n) is 10.0. The van der Waals surface area contributed by atoms with Crippen LogP contribution in [0.5, 0.6) is 5.75 Å². The summed E-state index contributed by atoms with van der Waals surface area (Å²) in [5, 5.41) is 8.37. The van der Waals surface area contributed by atoms with E-state index in [9.17, 15) is 14.4 Å². The van der Waals surface area contributed by atoms with Gasteiger partial charge in [0.1, 0.15) is 16.7 Å². The Labute approximate surface area is 276 Å². The first-order chi connectivity index (χ1) is 22.4. The van der Waals surface area contributed by atoms with Crippen molar-refractivity contribution >= 4 is 58.5 Å². The van der Waals surface area contributed by atoms with Crippen molar-refractivity contribution in [3.8, 4) is 5.75 Å². The van der Waals surface area contributed by atoms with Gasteiger partial charge in [0.2, 0.25) is 5.91 Å². The lowest BCUT2D eigenvalue weighted by atomic mass is 10.1. The Morgan fingerprint density at radius 2 is 1.39 bits per heavy atom. The number of thioether (sulfide) groups is 1. The number of benzene rings is 5. The maximum Gasteiger partial charge on any atom is 0.272 e. The molecule has 7 nitrogen and oxygen atoms in total. The number of nitrogens with one attached hydrogen (secondary N) is 3. The summed E-state index contributed by atoms with van der Waals surface area (Å²) in [5.41, 5.74) is 3.09. The Bertz CT molecular complexity index is 1850. The fourth-order valence-electron chi connectivity index (χ4n) is 4.49. The van der Waals surface area contributed by atoms with Crippen molar-refractivity contribution < 1.29 is 19.1 Å². The number of hydrogen-bond acceptors (Lipinski definition) is 5. The first-order valence-electron chi connectivity index (χ1n) is 14.3. The monoisotopic (exact) mass is 647 g/mol. The van der Waals surface area contributed by atoms with Crippen molar-refractivity contribution in [2.45, 2.75) is 10.1 Å². The van der Waals surface area contributed by atoms with Gasteiger partial charge in [-0.2, -0.15) is 0 Å². The van der Waals surface area contributed by atoms with Crippen molar-refractivity contribution in [1.29, 1.82) is 0 Å². The summed E-state index contributed by atoms with van der Waals surface area (Å²) >= 11 is 7.62. The lowest BCUT2D eigenvalue weighted by molar-refractivity contribution is -0.116. The van der Waals surface area contributed by atoms with Crippen molar-refractivity contribution in [2.75, 3.05) is 17.7 Å². The Kier molecular flexibility index (Phi) is 10.9. The van der Waals surface area contributed by atoms with E-state index >= 15 is 0 Å². The fourth-order valence-corrected chi connectivity index (χ4v) is 5.83. The van der Waals surface area contributed by atoms with Crippen LogP contribution in [0.15, 0.2) is 144 Å². The summed E-state index contributed by atoms with van der Waals surface area (Å²) in [6, 6.07) is 39.6. The lowest BCUT2D eigenvalue weighted by Gasteiger charge is -2.18. The van der Waals surface area contributed by atoms with Gasteiger partial charge in [0.15, 0.2) is 0 Å². The van der Waals surface area contributed by atoms with E-state index in [0.29, 0.717) is 27.7 Å². The second-order valence-corrected chi connectivity index (χ2v) is 11.6. The first kappa shape index (κ1) is 32.1. The third kappa shape index (κ3) is 8.65. The summed E-state index contributed by atoms with van der Waals surface area (Å²) in [4.78, 5) is 40.9. The molecule has 9 heteroatoms. The molecular weight excluding hydrogens is 618 g/mol. The number of anilines is 2. The molecule has 5 aromatic rings. The van der Waals surface area contributed by atoms with Crippen LogP contribution in [0.3, 0.4) is 0 Å². The quantitative estimate of drug-likeness (QED) is 0.0991. The van der Waals surface area contributed by atoms with E-state index in [-0.39, 0.29) is 11.6 Å². The molecule has 0 aliphatic heterocycles. The van der Waals surface area contributed by atoms with Gasteiger partial charge in [0.05, 0.1) is 12.1 Å². The minimum atomic E-state index is -0.619. The number of amides is 3. The molecule has 5 aromatic carbocycles. The number of halogens is 1. The molecule has 230 valence electrons. The van der Waals surface area contributed by atoms with Crippen molar-refractivity contribution in [3.05, 3.63) is 161 Å². The Morgan fingerprint density at radius 3 is 2.07 bits per heavy atom. The molecule has 0 heterocycles. The largest absolute Gasteiger partial charge is 0.495 e. The smallest absolute Gasteiger partial charge is 0.272 e. The van der Waals surface area contributed by atoms with Crippen LogP contribution in [-0.4, -0.2) is 24.8 Å². The highest BCUT2D eigenvalue weighted by Gasteiger charge is 2.23. The number of ether oxygens (including phenoxy) is 1. The molecule has 3 amide bonds. The van der Waals surface area contributed by atoms with Crippen LogP contribution in [0.2, 0.25) is 5.02 Å². The van der Waals surface area contributed by atoms with E-state index in [1.165, 1.54) is 18.9 Å². The molecule has 1 unspecified atom stereocenters. The Morgan fingerprint density at radius 1 is 0.739 bits per heavy atom. The van der Waals surface area contributed by atoms with E-state index in [0.717, 1.165) is 16.0 Å². The fraction of sp³-hybridized carbons (Fsp3) is 0.0541. The summed E-state index contributed by atoms with van der Waals surface area (Å²) in [7, 11) is 1.53. The standard InChI is InChI=1S/C37H30ClN3O4S/c1-45-33-21-20-29(24-31(33)38)40-37(44)34(26-14-7-3-8-15-26)46-30-19-11-18-28(23-30)39-36(43)32(22-25-12-5-2-6-13-25)41-35(42)27-16-9-4-10-17-27/h2-24,34H,1H3,(H,39,43)(H,40,44)(H,41,42)/b32-22-. The zero-order valence-electron chi connectivity index (χ0n) is 24.8. The van der Waals surface area contributed by atoms with Gasteiger partial charge in [-0.15, -0.1) is 11.8 Å². The zero-order valence-corrected chi connectivity index (χ0v) is 26.3. The molecule has 46 heavy (non-hydrogen) atoms. The molecule has 3 N–H and O–H groups in total. The van der Waals surface area contributed by atoms with Gasteiger partial charge in [-0.05, 0) is 65.7 Å². The molecule has 0 spiro atoms. The number of carbonyl (C=O) groups excluding carboxylic acids is 3.